The van der Waals surface area contributed by atoms with Gasteiger partial charge in [0.25, 0.3) is 5.91 Å². The number of benzene rings is 3. The zero-order valence-electron chi connectivity index (χ0n) is 14.6. The molecule has 1 amide bonds. The fraction of sp³-hybridized carbons (Fsp3) is 0. The van der Waals surface area contributed by atoms with Crippen molar-refractivity contribution >= 4 is 34.8 Å². The topological polar surface area (TPSA) is 46.9 Å². The molecule has 0 radical (unpaired) electrons. The monoisotopic (exact) mass is 407 g/mol. The van der Waals surface area contributed by atoms with Crippen molar-refractivity contribution in [2.75, 3.05) is 5.32 Å². The van der Waals surface area contributed by atoms with Gasteiger partial charge in [-0.1, -0.05) is 65.7 Å². The first kappa shape index (κ1) is 18.3. The van der Waals surface area contributed by atoms with Crippen molar-refractivity contribution < 1.29 is 4.79 Å². The van der Waals surface area contributed by atoms with Gasteiger partial charge >= 0.3 is 0 Å². The summed E-state index contributed by atoms with van der Waals surface area (Å²) >= 11 is 12.2. The van der Waals surface area contributed by atoms with E-state index in [9.17, 15) is 4.79 Å². The fourth-order valence-corrected chi connectivity index (χ4v) is 3.14. The lowest BCUT2D eigenvalue weighted by Gasteiger charge is -2.07. The van der Waals surface area contributed by atoms with Crippen LogP contribution >= 0.6 is 23.2 Å². The number of nitrogens with one attached hydrogen (secondary N) is 1. The van der Waals surface area contributed by atoms with Gasteiger partial charge in [-0.2, -0.15) is 5.10 Å². The SMILES string of the molecule is O=C(Nc1ccccc1Cl)c1cn(-c2ccccc2)nc1-c1ccc(Cl)cc1. The molecule has 0 bridgehead atoms. The van der Waals surface area contributed by atoms with Gasteiger partial charge in [0.2, 0.25) is 0 Å². The van der Waals surface area contributed by atoms with Crippen LogP contribution < -0.4 is 5.32 Å². The zero-order valence-corrected chi connectivity index (χ0v) is 16.2. The van der Waals surface area contributed by atoms with Crippen molar-refractivity contribution in [3.63, 3.8) is 0 Å². The molecule has 1 N–H and O–H groups in total. The summed E-state index contributed by atoms with van der Waals surface area (Å²) in [6, 6.07) is 23.9. The van der Waals surface area contributed by atoms with Crippen LogP contribution in [-0.4, -0.2) is 15.7 Å². The molecule has 0 saturated carbocycles. The number of nitrogens with zero attached hydrogens (tertiary/aromatic N) is 2. The molecule has 0 aliphatic heterocycles. The smallest absolute Gasteiger partial charge is 0.259 e. The van der Waals surface area contributed by atoms with E-state index in [-0.39, 0.29) is 5.91 Å². The van der Waals surface area contributed by atoms with E-state index < -0.39 is 0 Å². The van der Waals surface area contributed by atoms with Crippen molar-refractivity contribution in [2.24, 2.45) is 0 Å². The first-order valence-electron chi connectivity index (χ1n) is 8.59. The van der Waals surface area contributed by atoms with Crippen LogP contribution in [0.5, 0.6) is 0 Å². The third kappa shape index (κ3) is 3.79. The van der Waals surface area contributed by atoms with E-state index in [4.69, 9.17) is 23.2 Å². The minimum atomic E-state index is -0.291. The highest BCUT2D eigenvalue weighted by atomic mass is 35.5. The van der Waals surface area contributed by atoms with Crippen LogP contribution in [0, 0.1) is 0 Å². The summed E-state index contributed by atoms with van der Waals surface area (Å²) in [5, 5.41) is 8.60. The van der Waals surface area contributed by atoms with Crippen molar-refractivity contribution in [1.82, 2.24) is 9.78 Å². The highest BCUT2D eigenvalue weighted by Gasteiger charge is 2.19. The molecule has 28 heavy (non-hydrogen) atoms. The molecule has 0 aliphatic rings. The molecule has 3 aromatic carbocycles. The fourth-order valence-electron chi connectivity index (χ4n) is 2.83. The van der Waals surface area contributed by atoms with E-state index in [0.29, 0.717) is 27.0 Å². The van der Waals surface area contributed by atoms with E-state index >= 15 is 0 Å². The minimum Gasteiger partial charge on any atom is -0.321 e. The van der Waals surface area contributed by atoms with Crippen LogP contribution in [0.3, 0.4) is 0 Å². The highest BCUT2D eigenvalue weighted by molar-refractivity contribution is 6.34. The predicted molar refractivity (Wildman–Crippen MR) is 113 cm³/mol. The number of carbonyl (C=O) groups excluding carboxylic acids is 1. The first-order chi connectivity index (χ1) is 13.6. The number of carbonyl (C=O) groups is 1. The molecule has 0 aliphatic carbocycles. The average Bonchev–Trinajstić information content (AvgIpc) is 3.16. The van der Waals surface area contributed by atoms with Gasteiger partial charge in [0.15, 0.2) is 0 Å². The number of rotatable bonds is 4. The normalized spacial score (nSPS) is 10.6. The van der Waals surface area contributed by atoms with Gasteiger partial charge in [-0.3, -0.25) is 4.79 Å². The minimum absolute atomic E-state index is 0.291. The second-order valence-corrected chi connectivity index (χ2v) is 6.96. The Hall–Kier alpha value is -3.08. The maximum Gasteiger partial charge on any atom is 0.259 e. The molecule has 4 aromatic rings. The summed E-state index contributed by atoms with van der Waals surface area (Å²) in [5.74, 6) is -0.291. The predicted octanol–water partition coefficient (Wildman–Crippen LogP) is 6.10. The quantitative estimate of drug-likeness (QED) is 0.444. The van der Waals surface area contributed by atoms with Gasteiger partial charge in [-0.25, -0.2) is 4.68 Å². The molecule has 0 spiro atoms. The van der Waals surface area contributed by atoms with Crippen LogP contribution in [0.15, 0.2) is 85.1 Å². The van der Waals surface area contributed by atoms with Crippen LogP contribution in [-0.2, 0) is 0 Å². The molecular weight excluding hydrogens is 393 g/mol. The number of aromatic nitrogens is 2. The summed E-state index contributed by atoms with van der Waals surface area (Å²) in [4.78, 5) is 13.0. The van der Waals surface area contributed by atoms with Crippen LogP contribution in [0.1, 0.15) is 10.4 Å². The van der Waals surface area contributed by atoms with Gasteiger partial charge in [-0.05, 0) is 36.4 Å². The molecular formula is C22H15Cl2N3O. The number of anilines is 1. The maximum atomic E-state index is 13.0. The summed E-state index contributed by atoms with van der Waals surface area (Å²) < 4.78 is 1.69. The highest BCUT2D eigenvalue weighted by Crippen LogP contribution is 2.27. The van der Waals surface area contributed by atoms with Gasteiger partial charge in [0.1, 0.15) is 5.69 Å². The van der Waals surface area contributed by atoms with Crippen LogP contribution in [0.4, 0.5) is 5.69 Å². The van der Waals surface area contributed by atoms with Crippen molar-refractivity contribution in [3.8, 4) is 16.9 Å². The van der Waals surface area contributed by atoms with E-state index in [0.717, 1.165) is 11.3 Å². The molecule has 0 unspecified atom stereocenters. The Morgan fingerprint density at radius 2 is 1.54 bits per heavy atom. The Morgan fingerprint density at radius 1 is 0.857 bits per heavy atom. The molecule has 0 saturated heterocycles. The Kier molecular flexibility index (Phi) is 5.15. The van der Waals surface area contributed by atoms with Crippen molar-refractivity contribution in [1.29, 1.82) is 0 Å². The van der Waals surface area contributed by atoms with E-state index in [1.54, 1.807) is 35.1 Å². The Labute approximate surface area is 172 Å². The third-order valence-corrected chi connectivity index (χ3v) is 4.80. The number of para-hydroxylation sites is 2. The number of hydrogen-bond acceptors (Lipinski definition) is 2. The van der Waals surface area contributed by atoms with E-state index in [1.807, 2.05) is 54.6 Å². The first-order valence-corrected chi connectivity index (χ1v) is 9.34. The maximum absolute atomic E-state index is 13.0. The Morgan fingerprint density at radius 3 is 2.25 bits per heavy atom. The lowest BCUT2D eigenvalue weighted by molar-refractivity contribution is 0.102. The summed E-state index contributed by atoms with van der Waals surface area (Å²) in [5.41, 5.74) is 3.19. The molecule has 0 atom stereocenters. The van der Waals surface area contributed by atoms with Crippen molar-refractivity contribution in [3.05, 3.63) is 101 Å². The number of amides is 1. The lowest BCUT2D eigenvalue weighted by atomic mass is 10.1. The Bertz CT molecular complexity index is 1120. The molecule has 4 nitrogen and oxygen atoms in total. The van der Waals surface area contributed by atoms with Crippen LogP contribution in [0.2, 0.25) is 10.0 Å². The Balaban J connectivity index is 1.78. The molecule has 4 rings (SSSR count). The van der Waals surface area contributed by atoms with Gasteiger partial charge < -0.3 is 5.32 Å². The summed E-state index contributed by atoms with van der Waals surface area (Å²) in [6.07, 6.45) is 1.71. The molecule has 138 valence electrons. The molecule has 1 heterocycles. The van der Waals surface area contributed by atoms with E-state index in [2.05, 4.69) is 10.4 Å². The van der Waals surface area contributed by atoms with Crippen molar-refractivity contribution in [2.45, 2.75) is 0 Å². The summed E-state index contributed by atoms with van der Waals surface area (Å²) in [7, 11) is 0. The van der Waals surface area contributed by atoms with Gasteiger partial charge in [0, 0.05) is 16.8 Å². The second-order valence-electron chi connectivity index (χ2n) is 6.11. The lowest BCUT2D eigenvalue weighted by Crippen LogP contribution is -2.12. The third-order valence-electron chi connectivity index (χ3n) is 4.22. The largest absolute Gasteiger partial charge is 0.321 e. The van der Waals surface area contributed by atoms with Crippen LogP contribution in [0.25, 0.3) is 16.9 Å². The summed E-state index contributed by atoms with van der Waals surface area (Å²) in [6.45, 7) is 0. The number of halogens is 2. The zero-order chi connectivity index (χ0) is 19.5. The molecule has 1 aromatic heterocycles. The standard InChI is InChI=1S/C22H15Cl2N3O/c23-16-12-10-15(11-13-16)21-18(14-27(26-21)17-6-2-1-3-7-17)22(28)25-20-9-5-4-8-19(20)24/h1-14H,(H,25,28). The van der Waals surface area contributed by atoms with Gasteiger partial charge in [-0.15, -0.1) is 0 Å². The second kappa shape index (κ2) is 7.89. The van der Waals surface area contributed by atoms with E-state index in [1.165, 1.54) is 0 Å². The molecule has 6 heteroatoms. The van der Waals surface area contributed by atoms with Gasteiger partial charge in [0.05, 0.1) is 22.0 Å². The average molecular weight is 408 g/mol. The number of hydrogen-bond donors (Lipinski definition) is 1. The molecule has 0 fully saturated rings.